The highest BCUT2D eigenvalue weighted by Gasteiger charge is 2.29. The van der Waals surface area contributed by atoms with Gasteiger partial charge in [0.25, 0.3) is 7.11 Å². The second kappa shape index (κ2) is 8.58. The van der Waals surface area contributed by atoms with Crippen LogP contribution in [0.1, 0.15) is 17.0 Å². The molecule has 0 N–H and O–H groups in total. The van der Waals surface area contributed by atoms with Crippen molar-refractivity contribution >= 4 is 5.78 Å². The highest BCUT2D eigenvalue weighted by Crippen LogP contribution is 2.39. The Kier molecular flexibility index (Phi) is 5.97. The smallest absolute Gasteiger partial charge is 0.383 e. The zero-order chi connectivity index (χ0) is 19.2. The van der Waals surface area contributed by atoms with Crippen molar-refractivity contribution in [1.82, 2.24) is 0 Å². The van der Waals surface area contributed by atoms with Crippen LogP contribution in [-0.4, -0.2) is 34.2 Å². The molecular formula is C23H25O4+. The van der Waals surface area contributed by atoms with Crippen molar-refractivity contribution < 1.29 is 18.6 Å². The minimum Gasteiger partial charge on any atom is -0.493 e. The summed E-state index contributed by atoms with van der Waals surface area (Å²) in [5.41, 5.74) is 2.35. The van der Waals surface area contributed by atoms with Gasteiger partial charge in [-0.05, 0) is 29.3 Å². The van der Waals surface area contributed by atoms with Gasteiger partial charge in [0, 0.05) is 17.9 Å². The van der Waals surface area contributed by atoms with E-state index in [1.807, 2.05) is 24.3 Å². The topological polar surface area (TPSA) is 39.0 Å². The van der Waals surface area contributed by atoms with Crippen LogP contribution >= 0.6 is 0 Å². The molecule has 0 aliphatic heterocycles. The molecule has 4 nitrogen and oxygen atoms in total. The number of ketones is 1. The molecule has 1 aliphatic carbocycles. The molecule has 0 saturated heterocycles. The van der Waals surface area contributed by atoms with Gasteiger partial charge in [-0.25, -0.2) is 0 Å². The summed E-state index contributed by atoms with van der Waals surface area (Å²) in [6.45, 7) is 0. The molecule has 2 atom stereocenters. The van der Waals surface area contributed by atoms with Gasteiger partial charge in [0.2, 0.25) is 5.76 Å². The van der Waals surface area contributed by atoms with E-state index in [4.69, 9.17) is 18.6 Å². The minimum absolute atomic E-state index is 0.103. The van der Waals surface area contributed by atoms with E-state index in [9.17, 15) is 0 Å². The standard InChI is InChI=1S/C23H25O4/c1-24-19-12-10-17(14-21(19)26-3)23(16-8-6-5-7-9-16)18-11-13-20(25-2)22(15-18)27-4/h5-15,17,23H,1-4H3/q+1/t17?,23-/m0/s1. The van der Waals surface area contributed by atoms with Gasteiger partial charge in [-0.1, -0.05) is 42.5 Å². The Bertz CT molecular complexity index is 865. The second-order valence-electron chi connectivity index (χ2n) is 6.24. The Balaban J connectivity index is 2.10. The summed E-state index contributed by atoms with van der Waals surface area (Å²) in [4.78, 5) is 0. The Hall–Kier alpha value is -3.01. The second-order valence-corrected chi connectivity index (χ2v) is 6.24. The lowest BCUT2D eigenvalue weighted by molar-refractivity contribution is -0.419. The molecule has 1 unspecified atom stereocenters. The fourth-order valence-electron chi connectivity index (χ4n) is 3.48. The highest BCUT2D eigenvalue weighted by atomic mass is 16.5. The first-order chi connectivity index (χ1) is 13.2. The van der Waals surface area contributed by atoms with E-state index < -0.39 is 0 Å². The molecule has 0 saturated carbocycles. The van der Waals surface area contributed by atoms with Gasteiger partial charge in [0.15, 0.2) is 11.5 Å². The molecule has 0 radical (unpaired) electrons. The monoisotopic (exact) mass is 365 g/mol. The summed E-state index contributed by atoms with van der Waals surface area (Å²) in [6, 6.07) is 16.5. The van der Waals surface area contributed by atoms with Gasteiger partial charge in [-0.3, -0.25) is 4.42 Å². The Morgan fingerprint density at radius 2 is 1.59 bits per heavy atom. The number of hydrogen-bond donors (Lipinski definition) is 0. The number of rotatable bonds is 6. The fourth-order valence-corrected chi connectivity index (χ4v) is 3.48. The van der Waals surface area contributed by atoms with Gasteiger partial charge in [0.1, 0.15) is 0 Å². The first-order valence-corrected chi connectivity index (χ1v) is 8.84. The SMILES string of the molecule is COC1=CC([C@H](c2ccccc2)c2ccc(OC)c(OC)c2)C=CC1=[O+]C. The number of benzene rings is 2. The average molecular weight is 365 g/mol. The van der Waals surface area contributed by atoms with Crippen molar-refractivity contribution in [2.75, 3.05) is 28.4 Å². The summed E-state index contributed by atoms with van der Waals surface area (Å²) >= 11 is 0. The molecule has 2 aromatic carbocycles. The van der Waals surface area contributed by atoms with E-state index >= 15 is 0 Å². The van der Waals surface area contributed by atoms with Crippen LogP contribution in [0.3, 0.4) is 0 Å². The molecule has 0 aromatic heterocycles. The number of hydrogen-bond acceptors (Lipinski definition) is 3. The van der Waals surface area contributed by atoms with Gasteiger partial charge < -0.3 is 14.2 Å². The maximum absolute atomic E-state index is 5.53. The van der Waals surface area contributed by atoms with Crippen molar-refractivity contribution in [3.05, 3.63) is 83.6 Å². The van der Waals surface area contributed by atoms with Crippen molar-refractivity contribution in [2.24, 2.45) is 5.92 Å². The van der Waals surface area contributed by atoms with E-state index in [0.717, 1.165) is 28.6 Å². The molecule has 3 rings (SSSR count). The predicted octanol–water partition coefficient (Wildman–Crippen LogP) is 4.29. The van der Waals surface area contributed by atoms with Gasteiger partial charge in [-0.2, -0.15) is 0 Å². The Morgan fingerprint density at radius 3 is 2.22 bits per heavy atom. The molecule has 0 amide bonds. The third kappa shape index (κ3) is 3.90. The summed E-state index contributed by atoms with van der Waals surface area (Å²) in [5.74, 6) is 3.12. The minimum atomic E-state index is 0.103. The Morgan fingerprint density at radius 1 is 0.852 bits per heavy atom. The van der Waals surface area contributed by atoms with Crippen molar-refractivity contribution in [1.29, 1.82) is 0 Å². The third-order valence-corrected chi connectivity index (χ3v) is 4.81. The third-order valence-electron chi connectivity index (χ3n) is 4.81. The highest BCUT2D eigenvalue weighted by molar-refractivity contribution is 6.03. The molecule has 27 heavy (non-hydrogen) atoms. The molecule has 0 spiro atoms. The summed E-state index contributed by atoms with van der Waals surface area (Å²) in [6.07, 6.45) is 6.23. The van der Waals surface area contributed by atoms with Crippen LogP contribution in [0, 0.1) is 5.92 Å². The first kappa shape index (κ1) is 18.8. The Labute approximate surface area is 160 Å². The lowest BCUT2D eigenvalue weighted by Crippen LogP contribution is -2.18. The molecule has 0 heterocycles. The zero-order valence-corrected chi connectivity index (χ0v) is 16.1. The van der Waals surface area contributed by atoms with Crippen LogP contribution in [0.4, 0.5) is 0 Å². The van der Waals surface area contributed by atoms with Crippen LogP contribution < -0.4 is 9.47 Å². The summed E-state index contributed by atoms with van der Waals surface area (Å²) < 4.78 is 21.8. The number of allylic oxidation sites excluding steroid dienone is 3. The first-order valence-electron chi connectivity index (χ1n) is 8.84. The molecule has 0 bridgehead atoms. The predicted molar refractivity (Wildman–Crippen MR) is 106 cm³/mol. The summed E-state index contributed by atoms with van der Waals surface area (Å²) in [5, 5.41) is 0. The van der Waals surface area contributed by atoms with Gasteiger partial charge in [0.05, 0.1) is 21.3 Å². The molecular weight excluding hydrogens is 340 g/mol. The van der Waals surface area contributed by atoms with E-state index in [1.54, 1.807) is 28.4 Å². The van der Waals surface area contributed by atoms with Crippen molar-refractivity contribution in [3.63, 3.8) is 0 Å². The molecule has 2 aromatic rings. The molecule has 4 heteroatoms. The van der Waals surface area contributed by atoms with Crippen LogP contribution in [0.2, 0.25) is 0 Å². The number of methoxy groups -OCH3 is 3. The normalized spacial score (nSPS) is 18.7. The molecule has 140 valence electrons. The van der Waals surface area contributed by atoms with Gasteiger partial charge >= 0.3 is 5.78 Å². The average Bonchev–Trinajstić information content (AvgIpc) is 2.74. The summed E-state index contributed by atoms with van der Waals surface area (Å²) in [7, 11) is 6.61. The quantitative estimate of drug-likeness (QED) is 0.717. The lowest BCUT2D eigenvalue weighted by Gasteiger charge is -2.26. The molecule has 1 aliphatic rings. The van der Waals surface area contributed by atoms with Crippen molar-refractivity contribution in [2.45, 2.75) is 5.92 Å². The van der Waals surface area contributed by atoms with E-state index in [2.05, 4.69) is 42.5 Å². The van der Waals surface area contributed by atoms with Crippen LogP contribution in [0.5, 0.6) is 11.5 Å². The number of ether oxygens (including phenoxy) is 3. The maximum atomic E-state index is 5.53. The van der Waals surface area contributed by atoms with E-state index in [0.29, 0.717) is 0 Å². The van der Waals surface area contributed by atoms with E-state index in [-0.39, 0.29) is 11.8 Å². The van der Waals surface area contributed by atoms with Crippen molar-refractivity contribution in [3.8, 4) is 11.5 Å². The van der Waals surface area contributed by atoms with Gasteiger partial charge in [-0.15, -0.1) is 0 Å². The fraction of sp³-hybridized carbons (Fsp3) is 0.261. The van der Waals surface area contributed by atoms with E-state index in [1.165, 1.54) is 5.56 Å². The number of carbonyl (C=O) groups excluding carboxylic acids is 1. The lowest BCUT2D eigenvalue weighted by atomic mass is 9.78. The van der Waals surface area contributed by atoms with Crippen LogP contribution in [0.25, 0.3) is 0 Å². The molecule has 0 fully saturated rings. The zero-order valence-electron chi connectivity index (χ0n) is 16.1. The maximum Gasteiger partial charge on any atom is 0.383 e. The van der Waals surface area contributed by atoms with Crippen LogP contribution in [-0.2, 0) is 9.16 Å². The largest absolute Gasteiger partial charge is 0.493 e. The van der Waals surface area contributed by atoms with Crippen LogP contribution in [0.15, 0.2) is 72.5 Å².